The molecule has 0 aliphatic rings. The first-order chi connectivity index (χ1) is 30.9. The summed E-state index contributed by atoms with van der Waals surface area (Å²) in [5.41, 5.74) is 16.2. The molecule has 376 valence electrons. The van der Waals surface area contributed by atoms with Crippen molar-refractivity contribution in [3.8, 4) is 0 Å². The minimum absolute atomic E-state index is 0.0473. The number of rotatable bonds is 32. The molecule has 0 spiro atoms. The van der Waals surface area contributed by atoms with E-state index in [4.69, 9.17) is 22.3 Å². The highest BCUT2D eigenvalue weighted by Gasteiger charge is 2.35. The molecular formula is C37H66N12O16S. The molecule has 0 aromatic rings. The Hall–Kier alpha value is -5.72. The molecule has 29 heteroatoms. The van der Waals surface area contributed by atoms with Gasteiger partial charge in [0.1, 0.15) is 54.9 Å². The number of primary amides is 1. The maximum Gasteiger partial charge on any atom is 0.322 e. The molecule has 66 heavy (non-hydrogen) atoms. The number of carboxylic acids is 1. The van der Waals surface area contributed by atoms with Crippen molar-refractivity contribution in [2.24, 2.45) is 23.1 Å². The van der Waals surface area contributed by atoms with E-state index < -0.39 is 164 Å². The van der Waals surface area contributed by atoms with Crippen LogP contribution in [0.3, 0.4) is 0 Å². The maximum absolute atomic E-state index is 13.3. The Morgan fingerprint density at radius 1 is 0.545 bits per heavy atom. The van der Waals surface area contributed by atoms with Gasteiger partial charge in [-0.25, -0.2) is 0 Å². The predicted molar refractivity (Wildman–Crippen MR) is 233 cm³/mol. The van der Waals surface area contributed by atoms with E-state index in [1.165, 1.54) is 20.8 Å². The molecule has 0 saturated carbocycles. The van der Waals surface area contributed by atoms with Crippen molar-refractivity contribution in [3.63, 3.8) is 0 Å². The number of unbranched alkanes of at least 4 members (excludes halogenated alkanes) is 1. The summed E-state index contributed by atoms with van der Waals surface area (Å²) in [5, 5.41) is 68.8. The fourth-order valence-corrected chi connectivity index (χ4v) is 5.71. The zero-order valence-electron chi connectivity index (χ0n) is 37.0. The highest BCUT2D eigenvalue weighted by atomic mass is 32.1. The van der Waals surface area contributed by atoms with Gasteiger partial charge < -0.3 is 90.6 Å². The van der Waals surface area contributed by atoms with Crippen molar-refractivity contribution < 1.29 is 78.3 Å². The predicted octanol–water partition coefficient (Wildman–Crippen LogP) is -9.25. The lowest BCUT2D eigenvalue weighted by Crippen LogP contribution is -2.62. The molecule has 0 fully saturated rings. The lowest BCUT2D eigenvalue weighted by atomic mass is 10.0. The fourth-order valence-electron chi connectivity index (χ4n) is 5.45. The molecule has 0 radical (unpaired) electrons. The Bertz CT molecular complexity index is 1690. The first kappa shape index (κ1) is 60.3. The monoisotopic (exact) mass is 966 g/mol. The number of carbonyl (C=O) groups is 11. The molecule has 0 saturated heterocycles. The molecule has 0 aromatic heterocycles. The third-order valence-electron chi connectivity index (χ3n) is 9.36. The van der Waals surface area contributed by atoms with Gasteiger partial charge in [0, 0.05) is 12.2 Å². The number of aliphatic hydroxyl groups is 4. The molecule has 0 aromatic carbocycles. The number of carbonyl (C=O) groups excluding carboxylic acids is 10. The number of hydrogen-bond donors (Lipinski definition) is 18. The van der Waals surface area contributed by atoms with Gasteiger partial charge in [-0.2, -0.15) is 12.6 Å². The quantitative estimate of drug-likeness (QED) is 0.0220. The topological polar surface area (TPSA) is 475 Å². The molecular weight excluding hydrogens is 901 g/mol. The van der Waals surface area contributed by atoms with Crippen LogP contribution in [-0.2, 0) is 52.7 Å². The van der Waals surface area contributed by atoms with E-state index >= 15 is 0 Å². The lowest BCUT2D eigenvalue weighted by Gasteiger charge is -2.28. The number of aliphatic hydroxyl groups excluding tert-OH is 4. The average Bonchev–Trinajstić information content (AvgIpc) is 3.25. The fraction of sp³-hybridized carbons (Fsp3) is 0.703. The number of nitrogens with two attached hydrogens (primary N) is 3. The highest BCUT2D eigenvalue weighted by molar-refractivity contribution is 7.80. The van der Waals surface area contributed by atoms with E-state index in [0.29, 0.717) is 12.8 Å². The SMILES string of the molecule is CC(C)[C@H](NC(=O)[C@H](C)NC(=O)[C@H](CO)NC(=O)[C@H](CS)NC(=O)[C@@H](NC(=O)[C@H](CO)NC(=O)[C@@H](N)CCC(N)=O)[C@@H](C)O)C(=O)N[C@@H](CO)C(=O)N[C@@H](CCCCN)C(=O)NCC(=O)O. The minimum atomic E-state index is -1.80. The summed E-state index contributed by atoms with van der Waals surface area (Å²) in [6, 6.07) is -13.8. The maximum atomic E-state index is 13.3. The minimum Gasteiger partial charge on any atom is -0.480 e. The van der Waals surface area contributed by atoms with Crippen LogP contribution in [0.2, 0.25) is 0 Å². The lowest BCUT2D eigenvalue weighted by molar-refractivity contribution is -0.139. The summed E-state index contributed by atoms with van der Waals surface area (Å²) in [4.78, 5) is 139. The van der Waals surface area contributed by atoms with Gasteiger partial charge in [-0.05, 0) is 52.0 Å². The number of carboxylic acid groups (broad SMARTS) is 1. The molecule has 0 rings (SSSR count). The molecule has 10 atom stereocenters. The number of amides is 10. The van der Waals surface area contributed by atoms with E-state index in [1.54, 1.807) is 0 Å². The third-order valence-corrected chi connectivity index (χ3v) is 9.72. The van der Waals surface area contributed by atoms with Gasteiger partial charge in [0.2, 0.25) is 59.1 Å². The van der Waals surface area contributed by atoms with Crippen molar-refractivity contribution in [2.75, 3.05) is 38.7 Å². The van der Waals surface area contributed by atoms with Crippen molar-refractivity contribution in [1.82, 2.24) is 47.9 Å². The van der Waals surface area contributed by atoms with E-state index in [9.17, 15) is 73.2 Å². The zero-order valence-corrected chi connectivity index (χ0v) is 37.9. The second-order valence-corrected chi connectivity index (χ2v) is 15.6. The van der Waals surface area contributed by atoms with Crippen molar-refractivity contribution in [1.29, 1.82) is 0 Å². The van der Waals surface area contributed by atoms with Crippen LogP contribution in [-0.4, -0.2) is 190 Å². The summed E-state index contributed by atoms with van der Waals surface area (Å²) in [7, 11) is 0. The van der Waals surface area contributed by atoms with Gasteiger partial charge >= 0.3 is 5.97 Å². The normalized spacial score (nSPS) is 15.6. The second-order valence-electron chi connectivity index (χ2n) is 15.2. The van der Waals surface area contributed by atoms with Crippen LogP contribution in [0, 0.1) is 5.92 Å². The molecule has 20 N–H and O–H groups in total. The van der Waals surface area contributed by atoms with Gasteiger partial charge in [0.05, 0.1) is 32.0 Å². The van der Waals surface area contributed by atoms with Crippen LogP contribution in [0.4, 0.5) is 0 Å². The zero-order chi connectivity index (χ0) is 50.8. The average molecular weight is 967 g/mol. The van der Waals surface area contributed by atoms with Gasteiger partial charge in [-0.15, -0.1) is 0 Å². The highest BCUT2D eigenvalue weighted by Crippen LogP contribution is 2.06. The van der Waals surface area contributed by atoms with E-state index in [-0.39, 0.29) is 25.8 Å². The van der Waals surface area contributed by atoms with Crippen LogP contribution >= 0.6 is 12.6 Å². The summed E-state index contributed by atoms with van der Waals surface area (Å²) in [5.74, 6) is -12.4. The molecule has 0 bridgehead atoms. The van der Waals surface area contributed by atoms with E-state index in [2.05, 4.69) is 60.5 Å². The van der Waals surface area contributed by atoms with Gasteiger partial charge in [0.25, 0.3) is 0 Å². The second kappa shape index (κ2) is 31.2. The molecule has 0 aliphatic heterocycles. The standard InChI is InChI=1S/C37H66N12O16S/c1-16(2)27(36(64)46-22(13-51)33(61)43-20(7-5-6-10-38)31(59)41-11-26(55)56)48-29(57)17(3)42-32(60)21(12-50)45-35(63)24(15-66)47-37(65)28(18(4)53)49-34(62)23(14-52)44-30(58)19(39)8-9-25(40)54/h16-24,27-28,50-53,66H,5-15,38-39H2,1-4H3,(H2,40,54)(H,41,59)(H,42,60)(H,43,61)(H,44,58)(H,45,63)(H,46,64)(H,47,65)(H,48,57)(H,49,62)(H,55,56)/t17-,18+,19-,20-,21-,22-,23-,24-,27-,28-/m0/s1. The number of nitrogens with one attached hydrogen (secondary N) is 9. The molecule has 10 amide bonds. The summed E-state index contributed by atoms with van der Waals surface area (Å²) in [6.07, 6.45) is -1.18. The molecule has 28 nitrogen and oxygen atoms in total. The molecule has 0 aliphatic carbocycles. The Kier molecular flexibility index (Phi) is 28.5. The van der Waals surface area contributed by atoms with Gasteiger partial charge in [-0.1, -0.05) is 13.8 Å². The van der Waals surface area contributed by atoms with Crippen LogP contribution in [0.15, 0.2) is 0 Å². The van der Waals surface area contributed by atoms with Crippen LogP contribution in [0.5, 0.6) is 0 Å². The van der Waals surface area contributed by atoms with Crippen molar-refractivity contribution >= 4 is 77.7 Å². The van der Waals surface area contributed by atoms with Crippen LogP contribution in [0.1, 0.15) is 59.8 Å². The summed E-state index contributed by atoms with van der Waals surface area (Å²) in [6.45, 7) is 1.88. The number of hydrogen-bond acceptors (Lipinski definition) is 18. The summed E-state index contributed by atoms with van der Waals surface area (Å²) < 4.78 is 0. The van der Waals surface area contributed by atoms with Gasteiger partial charge in [-0.3, -0.25) is 52.7 Å². The largest absolute Gasteiger partial charge is 0.480 e. The van der Waals surface area contributed by atoms with E-state index in [0.717, 1.165) is 6.92 Å². The van der Waals surface area contributed by atoms with Crippen molar-refractivity contribution in [3.05, 3.63) is 0 Å². The Morgan fingerprint density at radius 2 is 0.985 bits per heavy atom. The smallest absolute Gasteiger partial charge is 0.322 e. The Balaban J connectivity index is 5.69. The Morgan fingerprint density at radius 3 is 1.45 bits per heavy atom. The van der Waals surface area contributed by atoms with Crippen molar-refractivity contribution in [2.45, 2.75) is 120 Å². The third kappa shape index (κ3) is 22.0. The first-order valence-corrected chi connectivity index (χ1v) is 21.3. The van der Waals surface area contributed by atoms with E-state index in [1.807, 2.05) is 0 Å². The Labute approximate surface area is 385 Å². The first-order valence-electron chi connectivity index (χ1n) is 20.7. The summed E-state index contributed by atoms with van der Waals surface area (Å²) >= 11 is 4.02. The number of thiol groups is 1. The molecule has 0 heterocycles. The van der Waals surface area contributed by atoms with Crippen LogP contribution in [0.25, 0.3) is 0 Å². The van der Waals surface area contributed by atoms with Crippen LogP contribution < -0.4 is 65.1 Å². The molecule has 0 unspecified atom stereocenters. The van der Waals surface area contributed by atoms with Gasteiger partial charge in [0.15, 0.2) is 0 Å². The number of aliphatic carboxylic acids is 1.